The van der Waals surface area contributed by atoms with Gasteiger partial charge in [-0.3, -0.25) is 4.79 Å². The van der Waals surface area contributed by atoms with Gasteiger partial charge in [0, 0.05) is 18.1 Å². The molecule has 0 spiro atoms. The van der Waals surface area contributed by atoms with E-state index in [0.29, 0.717) is 5.75 Å². The van der Waals surface area contributed by atoms with Crippen molar-refractivity contribution < 1.29 is 33.3 Å². The molecule has 2 aromatic rings. The van der Waals surface area contributed by atoms with E-state index in [9.17, 15) is 14.4 Å². The van der Waals surface area contributed by atoms with Crippen LogP contribution >= 0.6 is 0 Å². The number of benzene rings is 2. The molecule has 39 heavy (non-hydrogen) atoms. The Kier molecular flexibility index (Phi) is 9.14. The molecule has 1 saturated carbocycles. The molecule has 1 aliphatic heterocycles. The van der Waals surface area contributed by atoms with E-state index in [-0.39, 0.29) is 18.6 Å². The van der Waals surface area contributed by atoms with E-state index in [1.807, 2.05) is 48.5 Å². The number of esters is 2. The van der Waals surface area contributed by atoms with Crippen molar-refractivity contribution in [1.29, 1.82) is 0 Å². The summed E-state index contributed by atoms with van der Waals surface area (Å²) in [6.07, 6.45) is 6.67. The predicted octanol–water partition coefficient (Wildman–Crippen LogP) is 4.49. The van der Waals surface area contributed by atoms with Crippen LogP contribution in [0.15, 0.2) is 71.4 Å². The van der Waals surface area contributed by atoms with Gasteiger partial charge in [-0.2, -0.15) is 5.10 Å². The number of nitrogens with zero attached hydrogens (tertiary/aromatic N) is 2. The molecular weight excluding hydrogens is 500 g/mol. The summed E-state index contributed by atoms with van der Waals surface area (Å²) in [6.45, 7) is 1.34. The lowest BCUT2D eigenvalue weighted by molar-refractivity contribution is -0.149. The van der Waals surface area contributed by atoms with Gasteiger partial charge < -0.3 is 18.9 Å². The first-order valence-electron chi connectivity index (χ1n) is 12.8. The summed E-state index contributed by atoms with van der Waals surface area (Å²) in [4.78, 5) is 36.9. The fourth-order valence-electron chi connectivity index (χ4n) is 4.82. The van der Waals surface area contributed by atoms with E-state index in [0.717, 1.165) is 59.6 Å². The summed E-state index contributed by atoms with van der Waals surface area (Å²) in [7, 11) is 3.23. The van der Waals surface area contributed by atoms with E-state index in [2.05, 4.69) is 6.08 Å². The van der Waals surface area contributed by atoms with Crippen molar-refractivity contribution in [3.05, 3.63) is 77.4 Å². The van der Waals surface area contributed by atoms with Crippen molar-refractivity contribution >= 4 is 29.6 Å². The van der Waals surface area contributed by atoms with E-state index >= 15 is 0 Å². The van der Waals surface area contributed by atoms with Crippen LogP contribution in [0.1, 0.15) is 43.4 Å². The predicted molar refractivity (Wildman–Crippen MR) is 145 cm³/mol. The molecule has 2 aromatic carbocycles. The smallest absolute Gasteiger partial charge is 0.331 e. The molecule has 0 N–H and O–H groups in total. The highest BCUT2D eigenvalue weighted by atomic mass is 16.5. The number of methoxy groups -OCH3 is 2. The van der Waals surface area contributed by atoms with Crippen LogP contribution in [0, 0.1) is 5.92 Å². The van der Waals surface area contributed by atoms with Gasteiger partial charge in [0.1, 0.15) is 11.5 Å². The molecule has 9 nitrogen and oxygen atoms in total. The molecule has 1 fully saturated rings. The fraction of sp³-hybridized carbons (Fsp3) is 0.333. The van der Waals surface area contributed by atoms with Crippen molar-refractivity contribution in [2.45, 2.75) is 32.2 Å². The molecule has 1 aliphatic carbocycles. The summed E-state index contributed by atoms with van der Waals surface area (Å²) in [5.41, 5.74) is 3.86. The van der Waals surface area contributed by atoms with Crippen LogP contribution in [0.3, 0.4) is 0 Å². The third kappa shape index (κ3) is 6.73. The largest absolute Gasteiger partial charge is 0.497 e. The second-order valence-electron chi connectivity index (χ2n) is 9.08. The average molecular weight is 533 g/mol. The maximum absolute atomic E-state index is 13.3. The molecule has 0 saturated heterocycles. The first kappa shape index (κ1) is 27.6. The van der Waals surface area contributed by atoms with Gasteiger partial charge in [-0.1, -0.05) is 24.3 Å². The highest BCUT2D eigenvalue weighted by Crippen LogP contribution is 2.44. The summed E-state index contributed by atoms with van der Waals surface area (Å²) >= 11 is 0. The number of allylic oxidation sites excluding steroid dienone is 1. The lowest BCUT2D eigenvalue weighted by Crippen LogP contribution is -2.34. The van der Waals surface area contributed by atoms with E-state index in [1.165, 1.54) is 5.01 Å². The molecule has 1 heterocycles. The van der Waals surface area contributed by atoms with Gasteiger partial charge in [-0.15, -0.1) is 0 Å². The highest BCUT2D eigenvalue weighted by molar-refractivity contribution is 6.08. The standard InChI is InChI=1S/C30H32N2O7/c1-4-38-27(34)16-17-28(35)39-19-26(33)32-30(21-10-14-24(37-3)15-11-21)25-7-5-6-22(29(25)31-32)18-20-8-12-23(36-2)13-9-20/h8-18,25,30H,4-7,19H2,1-3H3/b17-16+,22-18-. The molecule has 2 aliphatic rings. The summed E-state index contributed by atoms with van der Waals surface area (Å²) in [6, 6.07) is 15.0. The number of amides is 1. The Morgan fingerprint density at radius 2 is 1.54 bits per heavy atom. The van der Waals surface area contributed by atoms with Crippen molar-refractivity contribution in [2.75, 3.05) is 27.4 Å². The molecule has 2 unspecified atom stereocenters. The van der Waals surface area contributed by atoms with Gasteiger partial charge >= 0.3 is 11.9 Å². The molecule has 0 bridgehead atoms. The monoisotopic (exact) mass is 532 g/mol. The molecule has 9 heteroatoms. The Labute approximate surface area is 227 Å². The number of hydrazone groups is 1. The minimum absolute atomic E-state index is 0.0139. The van der Waals surface area contributed by atoms with Crippen LogP contribution in [0.4, 0.5) is 0 Å². The van der Waals surface area contributed by atoms with Gasteiger partial charge in [0.05, 0.1) is 32.6 Å². The molecule has 4 rings (SSSR count). The van der Waals surface area contributed by atoms with Crippen LogP contribution in [-0.4, -0.2) is 56.0 Å². The van der Waals surface area contributed by atoms with Crippen LogP contribution in [0.25, 0.3) is 6.08 Å². The second-order valence-corrected chi connectivity index (χ2v) is 9.08. The quantitative estimate of drug-likeness (QED) is 0.346. The van der Waals surface area contributed by atoms with E-state index in [1.54, 1.807) is 21.1 Å². The molecule has 0 aromatic heterocycles. The van der Waals surface area contributed by atoms with E-state index in [4.69, 9.17) is 24.0 Å². The lowest BCUT2D eigenvalue weighted by atomic mass is 9.77. The Hall–Kier alpha value is -4.40. The molecule has 0 radical (unpaired) electrons. The van der Waals surface area contributed by atoms with Crippen molar-refractivity contribution in [3.8, 4) is 11.5 Å². The number of fused-ring (bicyclic) bond motifs is 1. The molecular formula is C30H32N2O7. The number of hydrogen-bond acceptors (Lipinski definition) is 8. The Bertz CT molecular complexity index is 1280. The highest BCUT2D eigenvalue weighted by Gasteiger charge is 2.43. The SMILES string of the molecule is CCOC(=O)/C=C/C(=O)OCC(=O)N1N=C2/C(=C\c3ccc(OC)cc3)CCCC2C1c1ccc(OC)cc1. The van der Waals surface area contributed by atoms with Gasteiger partial charge in [-0.25, -0.2) is 14.6 Å². The third-order valence-corrected chi connectivity index (χ3v) is 6.65. The zero-order valence-electron chi connectivity index (χ0n) is 22.3. The van der Waals surface area contributed by atoms with Crippen molar-refractivity contribution in [1.82, 2.24) is 5.01 Å². The molecule has 204 valence electrons. The Balaban J connectivity index is 1.59. The van der Waals surface area contributed by atoms with Crippen molar-refractivity contribution in [2.24, 2.45) is 11.0 Å². The zero-order chi connectivity index (χ0) is 27.8. The van der Waals surface area contributed by atoms with E-state index < -0.39 is 24.5 Å². The maximum atomic E-state index is 13.3. The maximum Gasteiger partial charge on any atom is 0.331 e. The number of rotatable bonds is 9. The topological polar surface area (TPSA) is 104 Å². The van der Waals surface area contributed by atoms with Crippen LogP contribution in [0.5, 0.6) is 11.5 Å². The van der Waals surface area contributed by atoms with Gasteiger partial charge in [0.15, 0.2) is 6.61 Å². The lowest BCUT2D eigenvalue weighted by Gasteiger charge is -2.29. The number of ether oxygens (including phenoxy) is 4. The van der Waals surface area contributed by atoms with Gasteiger partial charge in [-0.05, 0) is 73.2 Å². The third-order valence-electron chi connectivity index (χ3n) is 6.65. The second kappa shape index (κ2) is 12.9. The zero-order valence-corrected chi connectivity index (χ0v) is 22.3. The normalized spacial score (nSPS) is 19.4. The number of carbonyl (C=O) groups excluding carboxylic acids is 3. The van der Waals surface area contributed by atoms with Crippen LogP contribution in [0.2, 0.25) is 0 Å². The minimum Gasteiger partial charge on any atom is -0.497 e. The van der Waals surface area contributed by atoms with Gasteiger partial charge in [0.25, 0.3) is 5.91 Å². The number of carbonyl (C=O) groups is 3. The first-order chi connectivity index (χ1) is 18.9. The summed E-state index contributed by atoms with van der Waals surface area (Å²) in [5.74, 6) is -0.464. The Morgan fingerprint density at radius 1 is 0.923 bits per heavy atom. The van der Waals surface area contributed by atoms with Crippen LogP contribution in [-0.2, 0) is 23.9 Å². The minimum atomic E-state index is -0.818. The Morgan fingerprint density at radius 3 is 2.15 bits per heavy atom. The molecule has 2 atom stereocenters. The fourth-order valence-corrected chi connectivity index (χ4v) is 4.82. The van der Waals surface area contributed by atoms with Crippen LogP contribution < -0.4 is 9.47 Å². The number of hydrogen-bond donors (Lipinski definition) is 0. The molecule has 1 amide bonds. The first-order valence-corrected chi connectivity index (χ1v) is 12.8. The van der Waals surface area contributed by atoms with Gasteiger partial charge in [0.2, 0.25) is 0 Å². The van der Waals surface area contributed by atoms with Crippen molar-refractivity contribution in [3.63, 3.8) is 0 Å². The summed E-state index contributed by atoms with van der Waals surface area (Å²) in [5, 5.41) is 6.22. The average Bonchev–Trinajstić information content (AvgIpc) is 3.36. The summed E-state index contributed by atoms with van der Waals surface area (Å²) < 4.78 is 20.4.